The van der Waals surface area contributed by atoms with E-state index >= 15 is 0 Å². The van der Waals surface area contributed by atoms with Crippen LogP contribution in [0.4, 0.5) is 0 Å². The average Bonchev–Trinajstić information content (AvgIpc) is 3.19. The summed E-state index contributed by atoms with van der Waals surface area (Å²) in [6.45, 7) is 4.11. The molecule has 9 nitrogen and oxygen atoms in total. The van der Waals surface area contributed by atoms with Crippen LogP contribution in [0, 0.1) is 5.92 Å². The van der Waals surface area contributed by atoms with Gasteiger partial charge < -0.3 is 20.4 Å². The summed E-state index contributed by atoms with van der Waals surface area (Å²) < 4.78 is 6.55. The van der Waals surface area contributed by atoms with Crippen LogP contribution < -0.4 is 5.73 Å². The zero-order valence-corrected chi connectivity index (χ0v) is 17.9. The number of aromatic nitrogens is 4. The maximum absolute atomic E-state index is 8.67. The number of hydrogen-bond donors (Lipinski definition) is 3. The molecule has 1 aliphatic rings. The quantitative estimate of drug-likeness (QED) is 0.357. The van der Waals surface area contributed by atoms with Crippen molar-refractivity contribution in [1.82, 2.24) is 25.1 Å². The Morgan fingerprint density at radius 2 is 1.93 bits per heavy atom. The molecule has 4 N–H and O–H groups in total. The highest BCUT2D eigenvalue weighted by Gasteiger charge is 2.23. The molecule has 1 fully saturated rings. The van der Waals surface area contributed by atoms with Crippen molar-refractivity contribution >= 4 is 18.9 Å². The molecule has 3 rings (SSSR count). The van der Waals surface area contributed by atoms with Crippen LogP contribution in [-0.4, -0.2) is 62.2 Å². The smallest absolute Gasteiger partial charge is 0.402 e. The lowest BCUT2D eigenvalue weighted by molar-refractivity contribution is 0.163. The summed E-state index contributed by atoms with van der Waals surface area (Å²) >= 11 is 5.96. The molecule has 1 aromatic heterocycles. The van der Waals surface area contributed by atoms with E-state index in [1.807, 2.05) is 16.8 Å². The van der Waals surface area contributed by atoms with E-state index in [4.69, 9.17) is 32.0 Å². The third-order valence-electron chi connectivity index (χ3n) is 5.53. The molecule has 1 atom stereocenters. The molecule has 0 spiro atoms. The molecule has 2 heterocycles. The number of piperidine rings is 1. The van der Waals surface area contributed by atoms with Gasteiger partial charge in [-0.25, -0.2) is 4.68 Å². The number of halogens is 1. The van der Waals surface area contributed by atoms with Crippen molar-refractivity contribution in [2.24, 2.45) is 11.7 Å². The summed E-state index contributed by atoms with van der Waals surface area (Å²) in [5, 5.41) is 30.2. The zero-order chi connectivity index (χ0) is 21.3. The van der Waals surface area contributed by atoms with Crippen molar-refractivity contribution in [3.8, 4) is 0 Å². The minimum absolute atomic E-state index is 0.246. The Kier molecular flexibility index (Phi) is 9.04. The van der Waals surface area contributed by atoms with Gasteiger partial charge in [0.15, 0.2) is 5.82 Å². The molecule has 1 aromatic carbocycles. The van der Waals surface area contributed by atoms with E-state index in [2.05, 4.69) is 32.6 Å². The summed E-state index contributed by atoms with van der Waals surface area (Å²) in [7, 11) is -1.72. The fourth-order valence-electron chi connectivity index (χ4n) is 3.81. The number of likely N-dealkylation sites (tertiary alicyclic amines) is 1. The van der Waals surface area contributed by atoms with Gasteiger partial charge in [0.2, 0.25) is 0 Å². The molecule has 1 unspecified atom stereocenters. The fourth-order valence-corrected chi connectivity index (χ4v) is 3.94. The van der Waals surface area contributed by atoms with Gasteiger partial charge in [-0.15, -0.1) is 5.10 Å². The van der Waals surface area contributed by atoms with E-state index in [9.17, 15) is 0 Å². The summed E-state index contributed by atoms with van der Waals surface area (Å²) in [4.78, 5) is 2.47. The molecule has 0 aliphatic carbocycles. The summed E-state index contributed by atoms with van der Waals surface area (Å²) in [5.41, 5.74) is 7.57. The van der Waals surface area contributed by atoms with Gasteiger partial charge in [0.25, 0.3) is 0 Å². The third-order valence-corrected chi connectivity index (χ3v) is 5.78. The zero-order valence-electron chi connectivity index (χ0n) is 17.1. The van der Waals surface area contributed by atoms with E-state index in [1.165, 1.54) is 5.56 Å². The number of benzene rings is 1. The Balaban J connectivity index is 1.41. The topological polar surface area (TPSA) is 123 Å². The van der Waals surface area contributed by atoms with Crippen molar-refractivity contribution in [3.05, 3.63) is 40.7 Å². The maximum atomic E-state index is 8.67. The van der Waals surface area contributed by atoms with Gasteiger partial charge in [0.1, 0.15) is 0 Å². The van der Waals surface area contributed by atoms with Gasteiger partial charge in [-0.2, -0.15) is 0 Å². The standard InChI is InChI=1S/C19H30BClN6O3/c21-17-6-4-15(5-7-17)13-26-10-8-16(9-11-26)14-27-19(23-24-25-27)18(22)3-1-2-12-30-20(28)29/h4-7,16,18,28-29H,1-3,8-14,22H2. The minimum Gasteiger partial charge on any atom is -0.402 e. The Bertz CT molecular complexity index is 755. The number of hydrogen-bond acceptors (Lipinski definition) is 8. The largest absolute Gasteiger partial charge is 0.633 e. The van der Waals surface area contributed by atoms with Gasteiger partial charge in [-0.3, -0.25) is 4.90 Å². The molecule has 2 aromatic rings. The molecule has 1 saturated heterocycles. The van der Waals surface area contributed by atoms with Crippen LogP contribution in [-0.2, 0) is 17.7 Å². The van der Waals surface area contributed by atoms with Gasteiger partial charge in [0, 0.05) is 24.7 Å². The van der Waals surface area contributed by atoms with Gasteiger partial charge in [-0.05, 0) is 79.2 Å². The van der Waals surface area contributed by atoms with E-state index in [1.54, 1.807) is 0 Å². The van der Waals surface area contributed by atoms with Crippen molar-refractivity contribution in [3.63, 3.8) is 0 Å². The highest BCUT2D eigenvalue weighted by atomic mass is 35.5. The van der Waals surface area contributed by atoms with Crippen LogP contribution in [0.1, 0.15) is 49.5 Å². The molecule has 30 heavy (non-hydrogen) atoms. The first-order valence-electron chi connectivity index (χ1n) is 10.5. The number of tetrazole rings is 1. The molecule has 0 radical (unpaired) electrons. The van der Waals surface area contributed by atoms with Crippen LogP contribution in [0.2, 0.25) is 5.02 Å². The van der Waals surface area contributed by atoms with E-state index < -0.39 is 7.32 Å². The van der Waals surface area contributed by atoms with Crippen LogP contribution in [0.25, 0.3) is 0 Å². The predicted molar refractivity (Wildman–Crippen MR) is 114 cm³/mol. The highest BCUT2D eigenvalue weighted by Crippen LogP contribution is 2.22. The lowest BCUT2D eigenvalue weighted by Gasteiger charge is -2.32. The Labute approximate surface area is 182 Å². The van der Waals surface area contributed by atoms with Gasteiger partial charge in [-0.1, -0.05) is 23.7 Å². The van der Waals surface area contributed by atoms with Crippen molar-refractivity contribution in [1.29, 1.82) is 0 Å². The Morgan fingerprint density at radius 3 is 2.63 bits per heavy atom. The fraction of sp³-hybridized carbons (Fsp3) is 0.632. The monoisotopic (exact) mass is 436 g/mol. The summed E-state index contributed by atoms with van der Waals surface area (Å²) in [5.74, 6) is 1.24. The van der Waals surface area contributed by atoms with E-state index in [0.29, 0.717) is 24.6 Å². The SMILES string of the molecule is NC(CCCCOB(O)O)c1nnnn1CC1CCN(Cc2ccc(Cl)cc2)CC1. The lowest BCUT2D eigenvalue weighted by Crippen LogP contribution is -2.35. The molecule has 11 heteroatoms. The average molecular weight is 437 g/mol. The van der Waals surface area contributed by atoms with Crippen LogP contribution in [0.3, 0.4) is 0 Å². The predicted octanol–water partition coefficient (Wildman–Crippen LogP) is 1.39. The second-order valence-corrected chi connectivity index (χ2v) is 8.30. The van der Waals surface area contributed by atoms with Crippen LogP contribution >= 0.6 is 11.6 Å². The van der Waals surface area contributed by atoms with E-state index in [0.717, 1.165) is 50.5 Å². The summed E-state index contributed by atoms with van der Waals surface area (Å²) in [6.07, 6.45) is 4.40. The van der Waals surface area contributed by atoms with Gasteiger partial charge in [0.05, 0.1) is 6.04 Å². The second kappa shape index (κ2) is 11.7. The third kappa shape index (κ3) is 7.30. The van der Waals surface area contributed by atoms with Crippen LogP contribution in [0.5, 0.6) is 0 Å². The van der Waals surface area contributed by atoms with Crippen molar-refractivity contribution < 1.29 is 14.7 Å². The molecular formula is C19H30BClN6O3. The number of rotatable bonds is 11. The first kappa shape index (κ1) is 23.1. The van der Waals surface area contributed by atoms with Crippen molar-refractivity contribution in [2.75, 3.05) is 19.7 Å². The van der Waals surface area contributed by atoms with Gasteiger partial charge >= 0.3 is 7.32 Å². The maximum Gasteiger partial charge on any atom is 0.633 e. The van der Waals surface area contributed by atoms with Crippen molar-refractivity contribution in [2.45, 2.75) is 51.2 Å². The first-order chi connectivity index (χ1) is 14.5. The second-order valence-electron chi connectivity index (χ2n) is 7.86. The number of nitrogens with two attached hydrogens (primary N) is 1. The molecule has 1 aliphatic heterocycles. The minimum atomic E-state index is -1.72. The normalized spacial score (nSPS) is 16.7. The summed E-state index contributed by atoms with van der Waals surface area (Å²) in [6, 6.07) is 7.80. The van der Waals surface area contributed by atoms with E-state index in [-0.39, 0.29) is 12.6 Å². The molecular weight excluding hydrogens is 407 g/mol. The molecule has 0 saturated carbocycles. The number of nitrogens with zero attached hydrogens (tertiary/aromatic N) is 5. The Hall–Kier alpha value is -1.56. The highest BCUT2D eigenvalue weighted by molar-refractivity contribution is 6.32. The van der Waals surface area contributed by atoms with Crippen LogP contribution in [0.15, 0.2) is 24.3 Å². The Morgan fingerprint density at radius 1 is 1.20 bits per heavy atom. The first-order valence-corrected chi connectivity index (χ1v) is 10.8. The molecule has 0 bridgehead atoms. The molecule has 0 amide bonds. The number of unbranched alkanes of at least 4 members (excludes halogenated alkanes) is 1. The molecule has 164 valence electrons. The lowest BCUT2D eigenvalue weighted by atomic mass is 9.96.